The summed E-state index contributed by atoms with van der Waals surface area (Å²) in [6.07, 6.45) is 0. The van der Waals surface area contributed by atoms with E-state index in [9.17, 15) is 31.9 Å². The maximum atomic E-state index is 13.3. The molecule has 19 heavy (non-hydrogen) atoms. The third-order valence-corrected chi connectivity index (χ3v) is 1.92. The Hall–Kier alpha value is -2.45. The van der Waals surface area contributed by atoms with E-state index >= 15 is 0 Å². The topological polar surface area (TPSA) is 80.7 Å². The number of halogens is 4. The molecule has 0 aliphatic carbocycles. The fraction of sp³-hybridized carbons (Fsp3) is 0.100. The fourth-order valence-electron chi connectivity index (χ4n) is 1.18. The van der Waals surface area contributed by atoms with Gasteiger partial charge in [-0.15, -0.1) is 0 Å². The summed E-state index contributed by atoms with van der Waals surface area (Å²) in [6.45, 7) is 0.714. The molecule has 1 aromatic rings. The highest BCUT2D eigenvalue weighted by molar-refractivity contribution is 5.98. The van der Waals surface area contributed by atoms with E-state index in [1.807, 2.05) is 0 Å². The van der Waals surface area contributed by atoms with Crippen LogP contribution in [0.1, 0.15) is 27.6 Å². The monoisotopic (exact) mass is 280 g/mol. The lowest BCUT2D eigenvalue weighted by atomic mass is 10.1. The van der Waals surface area contributed by atoms with Gasteiger partial charge in [-0.1, -0.05) is 0 Å². The summed E-state index contributed by atoms with van der Waals surface area (Å²) in [6, 6.07) is 0. The number of hydrogen-bond donors (Lipinski definition) is 1. The Balaban J connectivity index is 3.57. The van der Waals surface area contributed by atoms with Gasteiger partial charge < -0.3 is 9.84 Å². The lowest BCUT2D eigenvalue weighted by Gasteiger charge is -2.08. The maximum Gasteiger partial charge on any atom is 0.352 e. The van der Waals surface area contributed by atoms with Gasteiger partial charge in [-0.25, -0.2) is 27.2 Å². The molecule has 0 saturated heterocycles. The van der Waals surface area contributed by atoms with Crippen molar-refractivity contribution in [1.29, 1.82) is 0 Å². The summed E-state index contributed by atoms with van der Waals surface area (Å²) in [5.41, 5.74) is -3.72. The van der Waals surface area contributed by atoms with Gasteiger partial charge in [0.15, 0.2) is 23.3 Å². The molecule has 0 bridgehead atoms. The molecule has 0 spiro atoms. The minimum atomic E-state index is -2.28. The molecule has 102 valence electrons. The van der Waals surface area contributed by atoms with Crippen LogP contribution in [0, 0.1) is 23.3 Å². The van der Waals surface area contributed by atoms with Crippen molar-refractivity contribution in [2.45, 2.75) is 6.92 Å². The number of carboxylic acids is 1. The minimum absolute atomic E-state index is 0.714. The number of rotatable bonds is 2. The molecule has 0 fully saturated rings. The van der Waals surface area contributed by atoms with Gasteiger partial charge >= 0.3 is 17.9 Å². The van der Waals surface area contributed by atoms with Gasteiger partial charge in [0, 0.05) is 6.92 Å². The molecule has 9 heteroatoms. The van der Waals surface area contributed by atoms with E-state index in [0.717, 1.165) is 0 Å². The standard InChI is InChI=1S/C10H4F4O5/c1-2(15)19-10(18)4-7(13)5(11)3(9(16)17)6(12)8(4)14/h1H3,(H,16,17). The smallest absolute Gasteiger partial charge is 0.352 e. The predicted molar refractivity (Wildman–Crippen MR) is 49.3 cm³/mol. The summed E-state index contributed by atoms with van der Waals surface area (Å²) >= 11 is 0. The van der Waals surface area contributed by atoms with Gasteiger partial charge in [-0.3, -0.25) is 4.79 Å². The molecule has 0 aliphatic rings. The van der Waals surface area contributed by atoms with E-state index < -0.39 is 52.3 Å². The van der Waals surface area contributed by atoms with Gasteiger partial charge in [0.1, 0.15) is 11.1 Å². The maximum absolute atomic E-state index is 13.3. The Morgan fingerprint density at radius 1 is 0.895 bits per heavy atom. The molecule has 5 nitrogen and oxygen atoms in total. The van der Waals surface area contributed by atoms with Crippen molar-refractivity contribution in [3.63, 3.8) is 0 Å². The second-order valence-corrected chi connectivity index (χ2v) is 3.19. The summed E-state index contributed by atoms with van der Waals surface area (Å²) in [5.74, 6) is -14.6. The van der Waals surface area contributed by atoms with E-state index in [1.54, 1.807) is 0 Å². The van der Waals surface area contributed by atoms with Crippen LogP contribution in [0.2, 0.25) is 0 Å². The average Bonchev–Trinajstić information content (AvgIpc) is 2.25. The predicted octanol–water partition coefficient (Wildman–Crippen LogP) is 1.64. The zero-order valence-electron chi connectivity index (χ0n) is 9.09. The summed E-state index contributed by atoms with van der Waals surface area (Å²) < 4.78 is 56.8. The van der Waals surface area contributed by atoms with Crippen LogP contribution >= 0.6 is 0 Å². The lowest BCUT2D eigenvalue weighted by Crippen LogP contribution is -2.19. The molecule has 1 rings (SSSR count). The van der Waals surface area contributed by atoms with E-state index in [0.29, 0.717) is 6.92 Å². The molecule has 0 unspecified atom stereocenters. The summed E-state index contributed by atoms with van der Waals surface area (Å²) in [4.78, 5) is 31.9. The number of ether oxygens (including phenoxy) is 1. The van der Waals surface area contributed by atoms with Crippen LogP contribution in [-0.4, -0.2) is 23.0 Å². The molecule has 0 atom stereocenters. The number of aromatic carboxylic acids is 1. The first-order valence-electron chi connectivity index (χ1n) is 4.50. The van der Waals surface area contributed by atoms with E-state index in [2.05, 4.69) is 4.74 Å². The number of carbonyl (C=O) groups is 3. The quantitative estimate of drug-likeness (QED) is 0.385. The van der Waals surface area contributed by atoms with Crippen molar-refractivity contribution in [2.75, 3.05) is 0 Å². The molecule has 0 aromatic heterocycles. The first-order valence-corrected chi connectivity index (χ1v) is 4.50. The third-order valence-electron chi connectivity index (χ3n) is 1.92. The Morgan fingerprint density at radius 3 is 1.58 bits per heavy atom. The van der Waals surface area contributed by atoms with Crippen LogP contribution < -0.4 is 0 Å². The number of carbonyl (C=O) groups excluding carboxylic acids is 2. The Bertz CT molecular complexity index is 567. The van der Waals surface area contributed by atoms with Gasteiger partial charge in [0.2, 0.25) is 0 Å². The van der Waals surface area contributed by atoms with E-state index in [-0.39, 0.29) is 0 Å². The number of hydrogen-bond acceptors (Lipinski definition) is 4. The number of esters is 2. The molecule has 0 saturated carbocycles. The largest absolute Gasteiger partial charge is 0.477 e. The lowest BCUT2D eigenvalue weighted by molar-refractivity contribution is -0.135. The van der Waals surface area contributed by atoms with E-state index in [4.69, 9.17) is 5.11 Å². The second-order valence-electron chi connectivity index (χ2n) is 3.19. The summed E-state index contributed by atoms with van der Waals surface area (Å²) in [5, 5.41) is 8.39. The second kappa shape index (κ2) is 5.04. The number of carboxylic acid groups (broad SMARTS) is 1. The average molecular weight is 280 g/mol. The van der Waals surface area contributed by atoms with Crippen molar-refractivity contribution in [3.8, 4) is 0 Å². The van der Waals surface area contributed by atoms with Crippen molar-refractivity contribution in [2.24, 2.45) is 0 Å². The minimum Gasteiger partial charge on any atom is -0.477 e. The fourth-order valence-corrected chi connectivity index (χ4v) is 1.18. The van der Waals surface area contributed by atoms with Crippen LogP contribution in [0.4, 0.5) is 17.6 Å². The Kier molecular flexibility index (Phi) is 3.88. The normalized spacial score (nSPS) is 10.2. The molecular weight excluding hydrogens is 276 g/mol. The SMILES string of the molecule is CC(=O)OC(=O)c1c(F)c(F)c(C(=O)O)c(F)c1F. The Morgan fingerprint density at radius 2 is 1.26 bits per heavy atom. The summed E-state index contributed by atoms with van der Waals surface area (Å²) in [7, 11) is 0. The van der Waals surface area contributed by atoms with Crippen molar-refractivity contribution in [1.82, 2.24) is 0 Å². The van der Waals surface area contributed by atoms with Gasteiger partial charge in [-0.2, -0.15) is 0 Å². The van der Waals surface area contributed by atoms with Gasteiger partial charge in [-0.05, 0) is 0 Å². The van der Waals surface area contributed by atoms with Crippen LogP contribution in [0.3, 0.4) is 0 Å². The Labute approximate surface area is 102 Å². The molecule has 0 amide bonds. The highest BCUT2D eigenvalue weighted by Gasteiger charge is 2.33. The third kappa shape index (κ3) is 2.54. The van der Waals surface area contributed by atoms with Crippen LogP contribution in [-0.2, 0) is 9.53 Å². The highest BCUT2D eigenvalue weighted by atomic mass is 19.2. The molecule has 0 aliphatic heterocycles. The zero-order chi connectivity index (χ0) is 14.9. The van der Waals surface area contributed by atoms with Gasteiger partial charge in [0.25, 0.3) is 0 Å². The van der Waals surface area contributed by atoms with Crippen LogP contribution in [0.5, 0.6) is 0 Å². The van der Waals surface area contributed by atoms with Crippen molar-refractivity contribution < 1.29 is 41.8 Å². The molecular formula is C10H4F4O5. The molecule has 1 aromatic carbocycles. The van der Waals surface area contributed by atoms with Gasteiger partial charge in [0.05, 0.1) is 0 Å². The number of benzene rings is 1. The van der Waals surface area contributed by atoms with Crippen molar-refractivity contribution in [3.05, 3.63) is 34.4 Å². The first kappa shape index (κ1) is 14.6. The van der Waals surface area contributed by atoms with E-state index in [1.165, 1.54) is 0 Å². The van der Waals surface area contributed by atoms with Crippen LogP contribution in [0.15, 0.2) is 0 Å². The molecule has 0 heterocycles. The first-order chi connectivity index (χ1) is 8.68. The van der Waals surface area contributed by atoms with Crippen molar-refractivity contribution >= 4 is 17.9 Å². The molecule has 0 radical (unpaired) electrons. The highest BCUT2D eigenvalue weighted by Crippen LogP contribution is 2.24. The molecule has 1 N–H and O–H groups in total. The zero-order valence-corrected chi connectivity index (χ0v) is 9.09. The van der Waals surface area contributed by atoms with Crippen LogP contribution in [0.25, 0.3) is 0 Å².